The molecule has 1 aromatic heterocycles. The number of ether oxygens (including phenoxy) is 1. The molecule has 1 amide bonds. The summed E-state index contributed by atoms with van der Waals surface area (Å²) in [6.45, 7) is 1.41. The number of carbonyl (C=O) groups is 2. The average Bonchev–Trinajstić information content (AvgIpc) is 2.91. The van der Waals surface area contributed by atoms with E-state index in [0.29, 0.717) is 29.0 Å². The first kappa shape index (κ1) is 12.8. The minimum Gasteiger partial charge on any atom is -0.496 e. The van der Waals surface area contributed by atoms with Crippen LogP contribution in [0.25, 0.3) is 5.69 Å². The number of hydrogen-bond acceptors (Lipinski definition) is 4. The summed E-state index contributed by atoms with van der Waals surface area (Å²) in [5.74, 6) is 0.184. The van der Waals surface area contributed by atoms with Gasteiger partial charge in [0, 0.05) is 25.4 Å². The van der Waals surface area contributed by atoms with Gasteiger partial charge in [0.15, 0.2) is 6.29 Å². The van der Waals surface area contributed by atoms with Gasteiger partial charge in [-0.05, 0) is 12.1 Å². The molecule has 0 fully saturated rings. The number of nitrogens with zero attached hydrogens (tertiary/aromatic N) is 2. The molecule has 98 valence electrons. The Hall–Kier alpha value is -2.63. The molecular weight excluding hydrogens is 246 g/mol. The molecule has 0 bridgehead atoms. The minimum absolute atomic E-state index is 0.214. The molecular formula is C13H13N3O3. The van der Waals surface area contributed by atoms with Crippen LogP contribution in [0.4, 0.5) is 5.69 Å². The fraction of sp³-hybridized carbons (Fsp3) is 0.154. The van der Waals surface area contributed by atoms with Crippen LogP contribution in [0.3, 0.4) is 0 Å². The second-order valence-electron chi connectivity index (χ2n) is 3.86. The third-order valence-electron chi connectivity index (χ3n) is 2.54. The summed E-state index contributed by atoms with van der Waals surface area (Å²) in [5.41, 5.74) is 1.52. The summed E-state index contributed by atoms with van der Waals surface area (Å²) in [6.07, 6.45) is 4.04. The maximum Gasteiger partial charge on any atom is 0.221 e. The van der Waals surface area contributed by atoms with E-state index in [2.05, 4.69) is 10.4 Å². The van der Waals surface area contributed by atoms with Crippen molar-refractivity contribution in [2.45, 2.75) is 6.92 Å². The molecule has 0 aliphatic heterocycles. The predicted octanol–water partition coefficient (Wildman–Crippen LogP) is 1.65. The highest BCUT2D eigenvalue weighted by Gasteiger charge is 2.12. The molecule has 0 atom stereocenters. The highest BCUT2D eigenvalue weighted by atomic mass is 16.5. The zero-order valence-corrected chi connectivity index (χ0v) is 10.6. The van der Waals surface area contributed by atoms with Crippen LogP contribution in [0.15, 0.2) is 30.6 Å². The van der Waals surface area contributed by atoms with E-state index in [9.17, 15) is 9.59 Å². The lowest BCUT2D eigenvalue weighted by Gasteiger charge is -2.13. The maximum atomic E-state index is 11.2. The summed E-state index contributed by atoms with van der Waals surface area (Å²) in [5, 5.41) is 6.79. The molecule has 0 spiro atoms. The van der Waals surface area contributed by atoms with E-state index in [-0.39, 0.29) is 5.91 Å². The van der Waals surface area contributed by atoms with Crippen LogP contribution in [0, 0.1) is 0 Å². The van der Waals surface area contributed by atoms with Crippen molar-refractivity contribution in [1.29, 1.82) is 0 Å². The van der Waals surface area contributed by atoms with Crippen LogP contribution in [-0.2, 0) is 4.79 Å². The third-order valence-corrected chi connectivity index (χ3v) is 2.54. The number of anilines is 1. The number of carbonyl (C=O) groups excluding carboxylic acids is 2. The van der Waals surface area contributed by atoms with Crippen LogP contribution < -0.4 is 10.1 Å². The van der Waals surface area contributed by atoms with Gasteiger partial charge in [0.1, 0.15) is 5.75 Å². The molecule has 0 saturated carbocycles. The molecule has 1 heterocycles. The summed E-state index contributed by atoms with van der Waals surface area (Å²) in [4.78, 5) is 22.3. The number of hydrogen-bond donors (Lipinski definition) is 1. The quantitative estimate of drug-likeness (QED) is 0.847. The van der Waals surface area contributed by atoms with Gasteiger partial charge >= 0.3 is 0 Å². The molecule has 1 aromatic carbocycles. The monoisotopic (exact) mass is 259 g/mol. The first-order valence-corrected chi connectivity index (χ1v) is 5.60. The highest BCUT2D eigenvalue weighted by molar-refractivity contribution is 5.93. The Morgan fingerprint density at radius 1 is 1.47 bits per heavy atom. The van der Waals surface area contributed by atoms with E-state index < -0.39 is 0 Å². The molecule has 2 rings (SSSR count). The first-order valence-electron chi connectivity index (χ1n) is 5.60. The lowest BCUT2D eigenvalue weighted by Crippen LogP contribution is -2.10. The van der Waals surface area contributed by atoms with E-state index >= 15 is 0 Å². The summed E-state index contributed by atoms with van der Waals surface area (Å²) in [7, 11) is 1.47. The Balaban J connectivity index is 2.61. The van der Waals surface area contributed by atoms with Crippen LogP contribution in [0.2, 0.25) is 0 Å². The molecule has 1 N–H and O–H groups in total. The lowest BCUT2D eigenvalue weighted by atomic mass is 10.1. The minimum atomic E-state index is -0.214. The van der Waals surface area contributed by atoms with Crippen molar-refractivity contribution in [3.63, 3.8) is 0 Å². The van der Waals surface area contributed by atoms with Gasteiger partial charge in [0.25, 0.3) is 0 Å². The highest BCUT2D eigenvalue weighted by Crippen LogP contribution is 2.28. The number of aldehydes is 1. The Morgan fingerprint density at radius 3 is 2.79 bits per heavy atom. The fourth-order valence-corrected chi connectivity index (χ4v) is 1.74. The number of amides is 1. The second kappa shape index (κ2) is 5.34. The van der Waals surface area contributed by atoms with Crippen LogP contribution in [0.1, 0.15) is 17.3 Å². The van der Waals surface area contributed by atoms with Gasteiger partial charge in [-0.15, -0.1) is 0 Å². The van der Waals surface area contributed by atoms with E-state index in [1.165, 1.54) is 14.0 Å². The van der Waals surface area contributed by atoms with Crippen LogP contribution >= 0.6 is 0 Å². The van der Waals surface area contributed by atoms with E-state index in [1.807, 2.05) is 0 Å². The topological polar surface area (TPSA) is 73.2 Å². The number of benzene rings is 1. The van der Waals surface area contributed by atoms with Crippen molar-refractivity contribution in [3.05, 3.63) is 36.2 Å². The Labute approximate surface area is 110 Å². The van der Waals surface area contributed by atoms with Gasteiger partial charge in [-0.2, -0.15) is 5.10 Å². The third kappa shape index (κ3) is 2.62. The SMILES string of the molecule is COc1cc(NC(C)=O)c(-n2cccn2)cc1C=O. The van der Waals surface area contributed by atoms with Gasteiger partial charge in [0.05, 0.1) is 24.0 Å². The van der Waals surface area contributed by atoms with E-state index in [0.717, 1.165) is 0 Å². The van der Waals surface area contributed by atoms with E-state index in [4.69, 9.17) is 4.74 Å². The number of aromatic nitrogens is 2. The summed E-state index contributed by atoms with van der Waals surface area (Å²) < 4.78 is 6.69. The van der Waals surface area contributed by atoms with Gasteiger partial charge in [-0.3, -0.25) is 9.59 Å². The lowest BCUT2D eigenvalue weighted by molar-refractivity contribution is -0.114. The molecule has 2 aromatic rings. The molecule has 6 heteroatoms. The second-order valence-corrected chi connectivity index (χ2v) is 3.86. The Bertz CT molecular complexity index is 606. The molecule has 0 unspecified atom stereocenters. The van der Waals surface area contributed by atoms with Crippen molar-refractivity contribution >= 4 is 17.9 Å². The van der Waals surface area contributed by atoms with Crippen molar-refractivity contribution in [1.82, 2.24) is 9.78 Å². The van der Waals surface area contributed by atoms with Crippen molar-refractivity contribution < 1.29 is 14.3 Å². The first-order chi connectivity index (χ1) is 9.15. The maximum absolute atomic E-state index is 11.2. The van der Waals surface area contributed by atoms with Gasteiger partial charge < -0.3 is 10.1 Å². The van der Waals surface area contributed by atoms with Crippen molar-refractivity contribution in [2.24, 2.45) is 0 Å². The largest absolute Gasteiger partial charge is 0.496 e. The summed E-state index contributed by atoms with van der Waals surface area (Å²) >= 11 is 0. The fourth-order valence-electron chi connectivity index (χ4n) is 1.74. The normalized spacial score (nSPS) is 10.0. The van der Waals surface area contributed by atoms with Crippen molar-refractivity contribution in [2.75, 3.05) is 12.4 Å². The number of rotatable bonds is 4. The van der Waals surface area contributed by atoms with Gasteiger partial charge in [0.2, 0.25) is 5.91 Å². The zero-order chi connectivity index (χ0) is 13.8. The zero-order valence-electron chi connectivity index (χ0n) is 10.6. The average molecular weight is 259 g/mol. The molecule has 0 aliphatic rings. The van der Waals surface area contributed by atoms with Gasteiger partial charge in [-0.1, -0.05) is 0 Å². The Kier molecular flexibility index (Phi) is 3.61. The molecule has 0 saturated heterocycles. The smallest absolute Gasteiger partial charge is 0.221 e. The molecule has 19 heavy (non-hydrogen) atoms. The molecule has 0 aliphatic carbocycles. The standard InChI is InChI=1S/C13H13N3O3/c1-9(18)15-11-7-13(19-2)10(8-17)6-12(11)16-5-3-4-14-16/h3-8H,1-2H3,(H,15,18). The summed E-state index contributed by atoms with van der Waals surface area (Å²) in [6, 6.07) is 4.97. The van der Waals surface area contributed by atoms with Crippen molar-refractivity contribution in [3.8, 4) is 11.4 Å². The predicted molar refractivity (Wildman–Crippen MR) is 69.8 cm³/mol. The van der Waals surface area contributed by atoms with E-state index in [1.54, 1.807) is 35.3 Å². The van der Waals surface area contributed by atoms with Crippen LogP contribution in [0.5, 0.6) is 5.75 Å². The van der Waals surface area contributed by atoms with Gasteiger partial charge in [-0.25, -0.2) is 4.68 Å². The van der Waals surface area contributed by atoms with Crippen LogP contribution in [-0.4, -0.2) is 29.1 Å². The molecule has 6 nitrogen and oxygen atoms in total. The number of nitrogens with one attached hydrogen (secondary N) is 1. The number of methoxy groups -OCH3 is 1. The molecule has 0 radical (unpaired) electrons. The Morgan fingerprint density at radius 2 is 2.26 bits per heavy atom.